The summed E-state index contributed by atoms with van der Waals surface area (Å²) < 4.78 is 1.20. The number of aromatic nitrogens is 2. The lowest BCUT2D eigenvalue weighted by Crippen LogP contribution is -2.29. The number of carbonyl (C=O) groups excluding carboxylic acids is 1. The van der Waals surface area contributed by atoms with Crippen LogP contribution < -0.4 is 10.9 Å². The molecule has 0 bridgehead atoms. The van der Waals surface area contributed by atoms with Crippen molar-refractivity contribution in [3.05, 3.63) is 89.2 Å². The molecule has 1 N–H and O–H groups in total. The van der Waals surface area contributed by atoms with Gasteiger partial charge in [0.2, 0.25) is 5.91 Å². The molecular formula is C23H19N3O2S. The van der Waals surface area contributed by atoms with E-state index in [2.05, 4.69) is 10.4 Å². The Kier molecular flexibility index (Phi) is 5.44. The van der Waals surface area contributed by atoms with E-state index in [1.165, 1.54) is 10.7 Å². The van der Waals surface area contributed by atoms with Crippen molar-refractivity contribution in [1.82, 2.24) is 9.78 Å². The van der Waals surface area contributed by atoms with Gasteiger partial charge in [-0.25, -0.2) is 4.68 Å². The van der Waals surface area contributed by atoms with E-state index in [0.29, 0.717) is 5.69 Å². The maximum atomic E-state index is 12.5. The minimum absolute atomic E-state index is 0.150. The van der Waals surface area contributed by atoms with Crippen LogP contribution >= 0.6 is 11.8 Å². The molecule has 4 aromatic rings. The molecular weight excluding hydrogens is 382 g/mol. The van der Waals surface area contributed by atoms with Crippen LogP contribution in [-0.2, 0) is 11.3 Å². The van der Waals surface area contributed by atoms with Crippen molar-refractivity contribution in [1.29, 1.82) is 0 Å². The molecule has 1 heterocycles. The lowest BCUT2D eigenvalue weighted by atomic mass is 10.1. The summed E-state index contributed by atoms with van der Waals surface area (Å²) in [7, 11) is 0. The Balaban J connectivity index is 1.59. The van der Waals surface area contributed by atoms with E-state index in [1.54, 1.807) is 17.8 Å². The van der Waals surface area contributed by atoms with E-state index in [9.17, 15) is 9.59 Å². The Morgan fingerprint density at radius 1 is 0.966 bits per heavy atom. The fraction of sp³-hybridized carbons (Fsp3) is 0.0870. The number of hydrogen-bond acceptors (Lipinski definition) is 4. The third kappa shape index (κ3) is 4.22. The van der Waals surface area contributed by atoms with Gasteiger partial charge in [-0.15, -0.1) is 11.8 Å². The Hall–Kier alpha value is -3.38. The fourth-order valence-electron chi connectivity index (χ4n) is 3.14. The lowest BCUT2D eigenvalue weighted by Gasteiger charge is -2.11. The number of carbonyl (C=O) groups is 1. The molecule has 0 unspecified atom stereocenters. The molecule has 0 aliphatic carbocycles. The molecule has 29 heavy (non-hydrogen) atoms. The maximum absolute atomic E-state index is 12.5. The number of benzene rings is 3. The summed E-state index contributed by atoms with van der Waals surface area (Å²) in [6.07, 6.45) is 1.95. The summed E-state index contributed by atoms with van der Waals surface area (Å²) in [4.78, 5) is 25.7. The van der Waals surface area contributed by atoms with Gasteiger partial charge in [0.25, 0.3) is 5.56 Å². The molecule has 6 heteroatoms. The molecule has 0 saturated heterocycles. The van der Waals surface area contributed by atoms with Crippen molar-refractivity contribution in [3.8, 4) is 11.3 Å². The summed E-state index contributed by atoms with van der Waals surface area (Å²) in [5, 5.41) is 9.50. The van der Waals surface area contributed by atoms with Crippen LogP contribution in [0.1, 0.15) is 0 Å². The van der Waals surface area contributed by atoms with Crippen LogP contribution in [0.2, 0.25) is 0 Å². The SMILES string of the molecule is CSc1ccccc1NC(=O)Cn1nc(-c2ccc3ccccc3c2)ccc1=O. The summed E-state index contributed by atoms with van der Waals surface area (Å²) in [6, 6.07) is 24.8. The van der Waals surface area contributed by atoms with Gasteiger partial charge < -0.3 is 5.32 Å². The van der Waals surface area contributed by atoms with E-state index >= 15 is 0 Å². The topological polar surface area (TPSA) is 64.0 Å². The van der Waals surface area contributed by atoms with Crippen LogP contribution in [0.15, 0.2) is 88.6 Å². The number of nitrogens with zero attached hydrogens (tertiary/aromatic N) is 2. The highest BCUT2D eigenvalue weighted by Crippen LogP contribution is 2.25. The highest BCUT2D eigenvalue weighted by atomic mass is 32.2. The van der Waals surface area contributed by atoms with Crippen LogP contribution in [0.3, 0.4) is 0 Å². The second kappa shape index (κ2) is 8.32. The molecule has 0 aliphatic rings. The predicted octanol–water partition coefficient (Wildman–Crippen LogP) is 4.42. The number of para-hydroxylation sites is 1. The van der Waals surface area contributed by atoms with Crippen LogP contribution in [0.25, 0.3) is 22.0 Å². The van der Waals surface area contributed by atoms with Gasteiger partial charge in [0.05, 0.1) is 11.4 Å². The van der Waals surface area contributed by atoms with Crippen molar-refractivity contribution >= 4 is 34.1 Å². The second-order valence-corrected chi connectivity index (χ2v) is 7.37. The zero-order chi connectivity index (χ0) is 20.2. The molecule has 0 radical (unpaired) electrons. The first-order valence-corrected chi connectivity index (χ1v) is 10.4. The van der Waals surface area contributed by atoms with Gasteiger partial charge in [-0.05, 0) is 41.3 Å². The van der Waals surface area contributed by atoms with Crippen LogP contribution in [-0.4, -0.2) is 21.9 Å². The molecule has 3 aromatic carbocycles. The third-order valence-electron chi connectivity index (χ3n) is 4.59. The maximum Gasteiger partial charge on any atom is 0.267 e. The molecule has 1 amide bonds. The van der Waals surface area contributed by atoms with Crippen LogP contribution in [0.4, 0.5) is 5.69 Å². The number of hydrogen-bond donors (Lipinski definition) is 1. The Bertz CT molecular complexity index is 1250. The van der Waals surface area contributed by atoms with Crippen molar-refractivity contribution in [3.63, 3.8) is 0 Å². The van der Waals surface area contributed by atoms with Gasteiger partial charge in [-0.1, -0.05) is 48.5 Å². The van der Waals surface area contributed by atoms with Gasteiger partial charge in [-0.2, -0.15) is 5.10 Å². The van der Waals surface area contributed by atoms with Crippen molar-refractivity contribution in [2.75, 3.05) is 11.6 Å². The number of nitrogens with one attached hydrogen (secondary N) is 1. The van der Waals surface area contributed by atoms with Crippen LogP contribution in [0, 0.1) is 0 Å². The Morgan fingerprint density at radius 2 is 1.72 bits per heavy atom. The minimum atomic E-state index is -0.317. The van der Waals surface area contributed by atoms with E-state index < -0.39 is 0 Å². The highest BCUT2D eigenvalue weighted by Gasteiger charge is 2.10. The average molecular weight is 401 g/mol. The van der Waals surface area contributed by atoms with Gasteiger partial charge >= 0.3 is 0 Å². The molecule has 5 nitrogen and oxygen atoms in total. The summed E-state index contributed by atoms with van der Waals surface area (Å²) in [6.45, 7) is -0.150. The Morgan fingerprint density at radius 3 is 2.55 bits per heavy atom. The highest BCUT2D eigenvalue weighted by molar-refractivity contribution is 7.98. The first-order chi connectivity index (χ1) is 14.1. The van der Waals surface area contributed by atoms with E-state index in [0.717, 1.165) is 26.9 Å². The van der Waals surface area contributed by atoms with E-state index in [4.69, 9.17) is 0 Å². The molecule has 4 rings (SSSR count). The van der Waals surface area contributed by atoms with Crippen LogP contribution in [0.5, 0.6) is 0 Å². The first-order valence-electron chi connectivity index (χ1n) is 9.14. The largest absolute Gasteiger partial charge is 0.323 e. The van der Waals surface area contributed by atoms with Crippen molar-refractivity contribution in [2.24, 2.45) is 0 Å². The monoisotopic (exact) mass is 401 g/mol. The lowest BCUT2D eigenvalue weighted by molar-refractivity contribution is -0.117. The zero-order valence-electron chi connectivity index (χ0n) is 15.8. The number of thioether (sulfide) groups is 1. The Labute approximate surface area is 172 Å². The smallest absolute Gasteiger partial charge is 0.267 e. The number of fused-ring (bicyclic) bond motifs is 1. The second-order valence-electron chi connectivity index (χ2n) is 6.52. The molecule has 0 aliphatic heterocycles. The van der Waals surface area contributed by atoms with Gasteiger partial charge in [-0.3, -0.25) is 9.59 Å². The van der Waals surface area contributed by atoms with E-state index in [-0.39, 0.29) is 18.0 Å². The normalized spacial score (nSPS) is 10.8. The van der Waals surface area contributed by atoms with Gasteiger partial charge in [0.1, 0.15) is 6.54 Å². The molecule has 0 spiro atoms. The van der Waals surface area contributed by atoms with Gasteiger partial charge in [0.15, 0.2) is 0 Å². The van der Waals surface area contributed by atoms with E-state index in [1.807, 2.05) is 73.0 Å². The quantitative estimate of drug-likeness (QED) is 0.503. The molecule has 0 saturated carbocycles. The summed E-state index contributed by atoms with van der Waals surface area (Å²) in [5.74, 6) is -0.295. The number of anilines is 1. The molecule has 144 valence electrons. The molecule has 1 aromatic heterocycles. The summed E-state index contributed by atoms with van der Waals surface area (Å²) in [5.41, 5.74) is 1.95. The number of amides is 1. The third-order valence-corrected chi connectivity index (χ3v) is 5.38. The standard InChI is InChI=1S/C23H19N3O2S/c1-29-21-9-5-4-8-20(21)24-22(27)15-26-23(28)13-12-19(25-26)18-11-10-16-6-2-3-7-17(16)14-18/h2-14H,15H2,1H3,(H,24,27). The van der Waals surface area contributed by atoms with Crippen molar-refractivity contribution < 1.29 is 4.79 Å². The van der Waals surface area contributed by atoms with Gasteiger partial charge in [0, 0.05) is 16.5 Å². The minimum Gasteiger partial charge on any atom is -0.323 e. The van der Waals surface area contributed by atoms with Crippen molar-refractivity contribution in [2.45, 2.75) is 11.4 Å². The predicted molar refractivity (Wildman–Crippen MR) is 118 cm³/mol. The molecule has 0 fully saturated rings. The zero-order valence-corrected chi connectivity index (χ0v) is 16.6. The number of rotatable bonds is 5. The average Bonchev–Trinajstić information content (AvgIpc) is 2.75. The molecule has 0 atom stereocenters. The summed E-state index contributed by atoms with van der Waals surface area (Å²) >= 11 is 1.55. The first kappa shape index (κ1) is 19.0. The fourth-order valence-corrected chi connectivity index (χ4v) is 3.69.